The van der Waals surface area contributed by atoms with Crippen molar-refractivity contribution in [2.24, 2.45) is 0 Å². The van der Waals surface area contributed by atoms with E-state index in [0.29, 0.717) is 0 Å². The Balaban J connectivity index is 0.00000112. The Hall–Kier alpha value is 0.160. The Kier molecular flexibility index (Phi) is 4.40. The molecule has 0 aromatic carbocycles. The van der Waals surface area contributed by atoms with Gasteiger partial charge in [-0.15, -0.1) is 12.4 Å². The highest BCUT2D eigenvalue weighted by Gasteiger charge is 2.41. The molecule has 2 aliphatic rings. The molecule has 90 valence electrons. The van der Waals surface area contributed by atoms with Crippen LogP contribution in [0.15, 0.2) is 0 Å². The molecule has 4 nitrogen and oxygen atoms in total. The molecule has 0 amide bonds. The molecular formula is C9H19ClN2O2S. The first-order valence-electron chi connectivity index (χ1n) is 5.37. The fraction of sp³-hybridized carbons (Fsp3) is 1.00. The number of hydrogen-bond donors (Lipinski definition) is 1. The van der Waals surface area contributed by atoms with Crippen LogP contribution < -0.4 is 5.32 Å². The first-order chi connectivity index (χ1) is 6.65. The largest absolute Gasteiger partial charge is 0.315 e. The predicted molar refractivity (Wildman–Crippen MR) is 62.8 cm³/mol. The van der Waals surface area contributed by atoms with Crippen molar-refractivity contribution in [1.29, 1.82) is 0 Å². The van der Waals surface area contributed by atoms with Crippen LogP contribution in [0, 0.1) is 0 Å². The molecule has 0 radical (unpaired) electrons. The summed E-state index contributed by atoms with van der Waals surface area (Å²) < 4.78 is 25.5. The Labute approximate surface area is 97.9 Å². The Morgan fingerprint density at radius 2 is 1.93 bits per heavy atom. The smallest absolute Gasteiger partial charge is 0.214 e. The second-order valence-electron chi connectivity index (χ2n) is 4.11. The second-order valence-corrected chi connectivity index (χ2v) is 6.27. The molecule has 2 heterocycles. The third-order valence-corrected chi connectivity index (χ3v) is 5.24. The summed E-state index contributed by atoms with van der Waals surface area (Å²) in [4.78, 5) is 0. The summed E-state index contributed by atoms with van der Waals surface area (Å²) in [5, 5.41) is 3.30. The van der Waals surface area contributed by atoms with Crippen molar-refractivity contribution < 1.29 is 8.42 Å². The molecule has 0 aromatic heterocycles. The molecule has 2 saturated heterocycles. The van der Waals surface area contributed by atoms with Crippen LogP contribution in [0.2, 0.25) is 0 Å². The second kappa shape index (κ2) is 4.99. The van der Waals surface area contributed by atoms with Gasteiger partial charge in [-0.25, -0.2) is 8.42 Å². The third kappa shape index (κ3) is 2.46. The van der Waals surface area contributed by atoms with Gasteiger partial charge in [-0.05, 0) is 32.7 Å². The van der Waals surface area contributed by atoms with Crippen molar-refractivity contribution in [2.45, 2.75) is 38.3 Å². The maximum atomic E-state index is 11.9. The molecule has 2 bridgehead atoms. The lowest BCUT2D eigenvalue weighted by Crippen LogP contribution is -2.43. The third-order valence-electron chi connectivity index (χ3n) is 3.27. The highest BCUT2D eigenvalue weighted by Crippen LogP contribution is 2.30. The van der Waals surface area contributed by atoms with Gasteiger partial charge in [-0.2, -0.15) is 4.31 Å². The standard InChI is InChI=1S/C9H18N2O2S.ClH/c1-2-14(12,13)11-8-3-4-9(11)7-10-6-5-8;/h8-10H,2-7H2,1H3;1H. The number of sulfonamides is 1. The van der Waals surface area contributed by atoms with Crippen LogP contribution in [-0.2, 0) is 10.0 Å². The summed E-state index contributed by atoms with van der Waals surface area (Å²) in [5.74, 6) is 0.236. The van der Waals surface area contributed by atoms with E-state index in [1.807, 2.05) is 0 Å². The van der Waals surface area contributed by atoms with Crippen molar-refractivity contribution in [3.8, 4) is 0 Å². The normalized spacial score (nSPS) is 32.1. The lowest BCUT2D eigenvalue weighted by Gasteiger charge is -2.26. The molecule has 2 rings (SSSR count). The van der Waals surface area contributed by atoms with Gasteiger partial charge in [-0.1, -0.05) is 0 Å². The van der Waals surface area contributed by atoms with E-state index in [4.69, 9.17) is 0 Å². The van der Waals surface area contributed by atoms with Gasteiger partial charge in [-0.3, -0.25) is 0 Å². The molecule has 0 aromatic rings. The monoisotopic (exact) mass is 254 g/mol. The number of nitrogens with zero attached hydrogens (tertiary/aromatic N) is 1. The molecule has 1 N–H and O–H groups in total. The molecule has 0 saturated carbocycles. The zero-order valence-electron chi connectivity index (χ0n) is 8.98. The number of rotatable bonds is 2. The minimum absolute atomic E-state index is 0. The van der Waals surface area contributed by atoms with Crippen LogP contribution in [0.4, 0.5) is 0 Å². The summed E-state index contributed by atoms with van der Waals surface area (Å²) in [6.07, 6.45) is 3.04. The number of nitrogens with one attached hydrogen (secondary N) is 1. The van der Waals surface area contributed by atoms with Gasteiger partial charge in [0.05, 0.1) is 5.75 Å². The van der Waals surface area contributed by atoms with Gasteiger partial charge >= 0.3 is 0 Å². The molecule has 15 heavy (non-hydrogen) atoms. The van der Waals surface area contributed by atoms with Gasteiger partial charge in [0.1, 0.15) is 0 Å². The Morgan fingerprint density at radius 1 is 1.27 bits per heavy atom. The Bertz CT molecular complexity index is 293. The summed E-state index contributed by atoms with van der Waals surface area (Å²) >= 11 is 0. The molecule has 2 fully saturated rings. The van der Waals surface area contributed by atoms with E-state index in [9.17, 15) is 8.42 Å². The summed E-state index contributed by atoms with van der Waals surface area (Å²) in [6, 6.07) is 0.479. The highest BCUT2D eigenvalue weighted by molar-refractivity contribution is 7.89. The first-order valence-corrected chi connectivity index (χ1v) is 6.98. The fourth-order valence-corrected chi connectivity index (χ4v) is 4.14. The van der Waals surface area contributed by atoms with E-state index in [1.165, 1.54) is 0 Å². The maximum Gasteiger partial charge on any atom is 0.214 e. The highest BCUT2D eigenvalue weighted by atomic mass is 35.5. The van der Waals surface area contributed by atoms with Gasteiger partial charge in [0.15, 0.2) is 0 Å². The van der Waals surface area contributed by atoms with E-state index >= 15 is 0 Å². The lowest BCUT2D eigenvalue weighted by molar-refractivity contribution is 0.335. The fourth-order valence-electron chi connectivity index (χ4n) is 2.54. The molecule has 6 heteroatoms. The van der Waals surface area contributed by atoms with Crippen LogP contribution >= 0.6 is 12.4 Å². The molecule has 2 unspecified atom stereocenters. The van der Waals surface area contributed by atoms with E-state index in [1.54, 1.807) is 11.2 Å². The van der Waals surface area contributed by atoms with Crippen LogP contribution in [0.1, 0.15) is 26.2 Å². The minimum Gasteiger partial charge on any atom is -0.315 e. The first kappa shape index (κ1) is 13.2. The quantitative estimate of drug-likeness (QED) is 0.785. The van der Waals surface area contributed by atoms with Crippen LogP contribution in [0.25, 0.3) is 0 Å². The zero-order valence-corrected chi connectivity index (χ0v) is 10.6. The van der Waals surface area contributed by atoms with Gasteiger partial charge < -0.3 is 5.32 Å². The molecule has 2 atom stereocenters. The summed E-state index contributed by atoms with van der Waals surface area (Å²) in [7, 11) is -2.99. The molecule has 0 aliphatic carbocycles. The van der Waals surface area contributed by atoms with E-state index in [-0.39, 0.29) is 30.2 Å². The van der Waals surface area contributed by atoms with E-state index in [2.05, 4.69) is 5.32 Å². The average molecular weight is 255 g/mol. The van der Waals surface area contributed by atoms with Gasteiger partial charge in [0.2, 0.25) is 10.0 Å². The molecule has 2 aliphatic heterocycles. The van der Waals surface area contributed by atoms with E-state index in [0.717, 1.165) is 32.4 Å². The van der Waals surface area contributed by atoms with Gasteiger partial charge in [0.25, 0.3) is 0 Å². The van der Waals surface area contributed by atoms with Crippen molar-refractivity contribution in [3.05, 3.63) is 0 Å². The zero-order chi connectivity index (χ0) is 10.2. The maximum absolute atomic E-state index is 11.9. The van der Waals surface area contributed by atoms with Crippen molar-refractivity contribution in [1.82, 2.24) is 9.62 Å². The molecular weight excluding hydrogens is 236 g/mol. The number of hydrogen-bond acceptors (Lipinski definition) is 3. The minimum atomic E-state index is -2.99. The Morgan fingerprint density at radius 3 is 2.60 bits per heavy atom. The van der Waals surface area contributed by atoms with Crippen molar-refractivity contribution >= 4 is 22.4 Å². The van der Waals surface area contributed by atoms with Crippen LogP contribution in [-0.4, -0.2) is 43.6 Å². The van der Waals surface area contributed by atoms with Crippen molar-refractivity contribution in [2.75, 3.05) is 18.8 Å². The predicted octanol–water partition coefficient (Wildman–Crippen LogP) is 0.584. The van der Waals surface area contributed by atoms with Crippen LogP contribution in [0.3, 0.4) is 0 Å². The summed E-state index contributed by atoms with van der Waals surface area (Å²) in [6.45, 7) is 3.51. The summed E-state index contributed by atoms with van der Waals surface area (Å²) in [5.41, 5.74) is 0. The molecule has 0 spiro atoms. The number of halogens is 1. The van der Waals surface area contributed by atoms with Crippen molar-refractivity contribution in [3.63, 3.8) is 0 Å². The van der Waals surface area contributed by atoms with Crippen LogP contribution in [0.5, 0.6) is 0 Å². The SMILES string of the molecule is CCS(=O)(=O)N1C2CCNCC1CC2.Cl. The average Bonchev–Trinajstić information content (AvgIpc) is 2.40. The van der Waals surface area contributed by atoms with Gasteiger partial charge in [0, 0.05) is 18.6 Å². The number of fused-ring (bicyclic) bond motifs is 2. The topological polar surface area (TPSA) is 49.4 Å². The van der Waals surface area contributed by atoms with E-state index < -0.39 is 10.0 Å². The lowest BCUT2D eigenvalue weighted by atomic mass is 10.1.